The van der Waals surface area contributed by atoms with Crippen molar-refractivity contribution in [2.24, 2.45) is 5.92 Å². The van der Waals surface area contributed by atoms with E-state index < -0.39 is 5.60 Å². The van der Waals surface area contributed by atoms with E-state index in [1.807, 2.05) is 52.8 Å². The fourth-order valence-corrected chi connectivity index (χ4v) is 3.34. The molecule has 5 nitrogen and oxygen atoms in total. The van der Waals surface area contributed by atoms with Crippen LogP contribution in [0.1, 0.15) is 66.4 Å². The number of hydrogen-bond acceptors (Lipinski definition) is 4. The summed E-state index contributed by atoms with van der Waals surface area (Å²) in [5.74, 6) is 1.35. The number of carbonyl (C=O) groups is 1. The predicted molar refractivity (Wildman–Crippen MR) is 121 cm³/mol. The first-order chi connectivity index (χ1) is 13.8. The fraction of sp³-hybridized carbons (Fsp3) is 0.696. The van der Waals surface area contributed by atoms with Crippen molar-refractivity contribution in [3.63, 3.8) is 0 Å². The smallest absolute Gasteiger partial charge is 0.407 e. The number of amides is 1. The number of carbonyl (C=O) groups excluding carboxylic acids is 1. The van der Waals surface area contributed by atoms with Crippen LogP contribution in [0.5, 0.6) is 5.75 Å². The van der Waals surface area contributed by atoms with Crippen molar-refractivity contribution < 1.29 is 14.3 Å². The molecule has 0 bridgehead atoms. The van der Waals surface area contributed by atoms with Gasteiger partial charge >= 0.3 is 6.09 Å². The zero-order valence-corrected chi connectivity index (χ0v) is 19.8. The van der Waals surface area contributed by atoms with Crippen LogP contribution in [0.2, 0.25) is 5.02 Å². The third kappa shape index (κ3) is 10.2. The molecule has 0 radical (unpaired) electrons. The molecule has 166 valence electrons. The largest absolute Gasteiger partial charge is 0.493 e. The topological polar surface area (TPSA) is 50.8 Å². The molecule has 2 rings (SSSR count). The van der Waals surface area contributed by atoms with E-state index in [-0.39, 0.29) is 6.09 Å². The van der Waals surface area contributed by atoms with E-state index in [2.05, 4.69) is 17.1 Å². The second kappa shape index (κ2) is 13.0. The van der Waals surface area contributed by atoms with Gasteiger partial charge in [-0.1, -0.05) is 38.8 Å². The average Bonchev–Trinajstić information content (AvgIpc) is 3.10. The van der Waals surface area contributed by atoms with Crippen LogP contribution < -0.4 is 10.1 Å². The van der Waals surface area contributed by atoms with E-state index >= 15 is 0 Å². The standard InChI is InChI=1S/C21H33ClN2O3.C2H6/c1-5-6-11-26-19-8-7-18(22)12-17(19)15-24-10-9-16(14-24)13-23-20(25)27-21(2,3)4;1-2/h7-8,12,16H,5-6,9-11,13-15H2,1-4H3,(H,23,25);1-2H3. The average molecular weight is 427 g/mol. The minimum Gasteiger partial charge on any atom is -0.493 e. The Morgan fingerprint density at radius 3 is 2.69 bits per heavy atom. The lowest BCUT2D eigenvalue weighted by atomic mass is 10.1. The Morgan fingerprint density at radius 1 is 1.31 bits per heavy atom. The molecule has 29 heavy (non-hydrogen) atoms. The highest BCUT2D eigenvalue weighted by atomic mass is 35.5. The maximum atomic E-state index is 11.8. The minimum absolute atomic E-state index is 0.345. The van der Waals surface area contributed by atoms with E-state index in [1.165, 1.54) is 0 Å². The molecule has 1 fully saturated rings. The number of nitrogens with zero attached hydrogens (tertiary/aromatic N) is 1. The Balaban J connectivity index is 0.00000204. The van der Waals surface area contributed by atoms with Gasteiger partial charge in [0, 0.05) is 30.2 Å². The van der Waals surface area contributed by atoms with Crippen molar-refractivity contribution >= 4 is 17.7 Å². The number of nitrogens with one attached hydrogen (secondary N) is 1. The van der Waals surface area contributed by atoms with Crippen molar-refractivity contribution in [2.45, 2.75) is 73.0 Å². The van der Waals surface area contributed by atoms with Crippen LogP contribution in [0.15, 0.2) is 18.2 Å². The summed E-state index contributed by atoms with van der Waals surface area (Å²) in [6.45, 7) is 15.9. The highest BCUT2D eigenvalue weighted by Gasteiger charge is 2.25. The quantitative estimate of drug-likeness (QED) is 0.526. The summed E-state index contributed by atoms with van der Waals surface area (Å²) in [5.41, 5.74) is 0.659. The number of ether oxygens (including phenoxy) is 2. The summed E-state index contributed by atoms with van der Waals surface area (Å²) in [5, 5.41) is 3.62. The van der Waals surface area contributed by atoms with Gasteiger partial charge in [-0.15, -0.1) is 0 Å². The number of halogens is 1. The molecular weight excluding hydrogens is 388 g/mol. The summed E-state index contributed by atoms with van der Waals surface area (Å²) in [6.07, 6.45) is 2.87. The molecule has 0 spiro atoms. The van der Waals surface area contributed by atoms with Crippen LogP contribution in [0.25, 0.3) is 0 Å². The molecule has 0 aliphatic carbocycles. The van der Waals surface area contributed by atoms with Crippen LogP contribution >= 0.6 is 11.6 Å². The molecule has 0 saturated carbocycles. The SMILES string of the molecule is CC.CCCCOc1ccc(Cl)cc1CN1CCC(CNC(=O)OC(C)(C)C)C1. The van der Waals surface area contributed by atoms with Crippen LogP contribution in [0, 0.1) is 5.92 Å². The predicted octanol–water partition coefficient (Wildman–Crippen LogP) is 5.89. The van der Waals surface area contributed by atoms with E-state index in [9.17, 15) is 4.79 Å². The van der Waals surface area contributed by atoms with Gasteiger partial charge in [0.25, 0.3) is 0 Å². The monoisotopic (exact) mass is 426 g/mol. The molecule has 0 aromatic heterocycles. The zero-order chi connectivity index (χ0) is 21.9. The van der Waals surface area contributed by atoms with Crippen LogP contribution in [0.4, 0.5) is 4.79 Å². The van der Waals surface area contributed by atoms with Gasteiger partial charge in [0.05, 0.1) is 6.61 Å². The minimum atomic E-state index is -0.466. The van der Waals surface area contributed by atoms with Gasteiger partial charge in [-0.2, -0.15) is 0 Å². The lowest BCUT2D eigenvalue weighted by molar-refractivity contribution is 0.0519. The molecular formula is C23H39ClN2O3. The summed E-state index contributed by atoms with van der Waals surface area (Å²) in [6, 6.07) is 5.84. The number of hydrogen-bond donors (Lipinski definition) is 1. The Bertz CT molecular complexity index is 617. The highest BCUT2D eigenvalue weighted by Crippen LogP contribution is 2.27. The number of alkyl carbamates (subject to hydrolysis) is 1. The Hall–Kier alpha value is -1.46. The van der Waals surface area contributed by atoms with Crippen molar-refractivity contribution in [2.75, 3.05) is 26.2 Å². The number of rotatable bonds is 8. The van der Waals surface area contributed by atoms with Crippen molar-refractivity contribution in [3.05, 3.63) is 28.8 Å². The first-order valence-corrected chi connectivity index (χ1v) is 11.2. The Labute approximate surface area is 182 Å². The van der Waals surface area contributed by atoms with Crippen LogP contribution in [-0.2, 0) is 11.3 Å². The Morgan fingerprint density at radius 2 is 2.03 bits per heavy atom. The molecule has 1 unspecified atom stereocenters. The van der Waals surface area contributed by atoms with Crippen molar-refractivity contribution in [1.82, 2.24) is 10.2 Å². The van der Waals surface area contributed by atoms with E-state index in [0.717, 1.165) is 61.8 Å². The maximum Gasteiger partial charge on any atom is 0.407 e. The molecule has 1 amide bonds. The molecule has 1 heterocycles. The lowest BCUT2D eigenvalue weighted by Crippen LogP contribution is -2.36. The molecule has 1 aliphatic heterocycles. The van der Waals surface area contributed by atoms with Gasteiger partial charge in [0.15, 0.2) is 0 Å². The van der Waals surface area contributed by atoms with Gasteiger partial charge in [0.1, 0.15) is 11.4 Å². The summed E-state index contributed by atoms with van der Waals surface area (Å²) in [4.78, 5) is 14.2. The molecule has 1 aliphatic rings. The number of benzene rings is 1. The van der Waals surface area contributed by atoms with Crippen molar-refractivity contribution in [3.8, 4) is 5.75 Å². The molecule has 1 aromatic rings. The third-order valence-corrected chi connectivity index (χ3v) is 4.71. The molecule has 1 N–H and O–H groups in total. The third-order valence-electron chi connectivity index (χ3n) is 4.48. The van der Waals surface area contributed by atoms with Gasteiger partial charge < -0.3 is 14.8 Å². The van der Waals surface area contributed by atoms with E-state index in [4.69, 9.17) is 21.1 Å². The molecule has 6 heteroatoms. The number of unbranched alkanes of at least 4 members (excludes halogenated alkanes) is 1. The second-order valence-corrected chi connectivity index (χ2v) is 8.66. The van der Waals surface area contributed by atoms with Crippen LogP contribution in [0.3, 0.4) is 0 Å². The van der Waals surface area contributed by atoms with Gasteiger partial charge in [-0.3, -0.25) is 4.90 Å². The number of likely N-dealkylation sites (tertiary alicyclic amines) is 1. The maximum absolute atomic E-state index is 11.8. The van der Waals surface area contributed by atoms with Crippen molar-refractivity contribution in [1.29, 1.82) is 0 Å². The zero-order valence-electron chi connectivity index (χ0n) is 19.0. The first-order valence-electron chi connectivity index (χ1n) is 10.9. The highest BCUT2D eigenvalue weighted by molar-refractivity contribution is 6.30. The summed E-state index contributed by atoms with van der Waals surface area (Å²) in [7, 11) is 0. The first kappa shape index (κ1) is 25.6. The fourth-order valence-electron chi connectivity index (χ4n) is 3.14. The summed E-state index contributed by atoms with van der Waals surface area (Å²) < 4.78 is 11.2. The Kier molecular flexibility index (Phi) is 11.4. The lowest BCUT2D eigenvalue weighted by Gasteiger charge is -2.21. The van der Waals surface area contributed by atoms with Gasteiger partial charge in [-0.25, -0.2) is 4.79 Å². The van der Waals surface area contributed by atoms with E-state index in [0.29, 0.717) is 12.5 Å². The molecule has 1 atom stereocenters. The molecule has 1 saturated heterocycles. The summed E-state index contributed by atoms with van der Waals surface area (Å²) >= 11 is 6.19. The van der Waals surface area contributed by atoms with Crippen LogP contribution in [-0.4, -0.2) is 42.8 Å². The van der Waals surface area contributed by atoms with Gasteiger partial charge in [0.2, 0.25) is 0 Å². The molecule has 1 aromatic carbocycles. The van der Waals surface area contributed by atoms with Gasteiger partial charge in [-0.05, 0) is 64.3 Å². The van der Waals surface area contributed by atoms with E-state index in [1.54, 1.807) is 0 Å². The second-order valence-electron chi connectivity index (χ2n) is 8.23. The normalized spacial score (nSPS) is 16.7.